The number of para-hydroxylation sites is 1. The number of hydrogen-bond donors (Lipinski definition) is 2. The van der Waals surface area contributed by atoms with E-state index in [9.17, 15) is 4.79 Å². The van der Waals surface area contributed by atoms with E-state index in [-0.39, 0.29) is 5.91 Å². The summed E-state index contributed by atoms with van der Waals surface area (Å²) < 4.78 is 0. The molecule has 22 heavy (non-hydrogen) atoms. The highest BCUT2D eigenvalue weighted by Gasteiger charge is 2.36. The van der Waals surface area contributed by atoms with Crippen LogP contribution in [0.2, 0.25) is 0 Å². The van der Waals surface area contributed by atoms with Gasteiger partial charge < -0.3 is 10.3 Å². The molecule has 0 atom stereocenters. The minimum atomic E-state index is -0.426. The van der Waals surface area contributed by atoms with Crippen molar-refractivity contribution in [3.05, 3.63) is 53.3 Å². The number of H-pyrrole nitrogens is 1. The molecule has 4 nitrogen and oxygen atoms in total. The van der Waals surface area contributed by atoms with Gasteiger partial charge in [0.05, 0.1) is 22.5 Å². The number of nitrogens with one attached hydrogen (secondary N) is 2. The van der Waals surface area contributed by atoms with E-state index in [1.54, 1.807) is 0 Å². The SMILES string of the molecule is Cc1cccc2c(-c3ccc4c(n3)C(C)(C)NC4=O)c[nH]c12. The second-order valence-corrected chi connectivity index (χ2v) is 6.37. The number of nitrogens with zero attached hydrogens (tertiary/aromatic N) is 1. The lowest BCUT2D eigenvalue weighted by atomic mass is 9.99. The van der Waals surface area contributed by atoms with E-state index in [0.717, 1.165) is 27.9 Å². The highest BCUT2D eigenvalue weighted by molar-refractivity contribution is 6.00. The van der Waals surface area contributed by atoms with Crippen molar-refractivity contribution in [1.82, 2.24) is 15.3 Å². The summed E-state index contributed by atoms with van der Waals surface area (Å²) in [5, 5.41) is 4.12. The molecule has 0 spiro atoms. The largest absolute Gasteiger partial charge is 0.360 e. The van der Waals surface area contributed by atoms with Crippen molar-refractivity contribution in [2.75, 3.05) is 0 Å². The Morgan fingerprint density at radius 1 is 1.09 bits per heavy atom. The lowest BCUT2D eigenvalue weighted by Crippen LogP contribution is -2.33. The van der Waals surface area contributed by atoms with Crippen LogP contribution in [0.5, 0.6) is 0 Å². The average molecular weight is 291 g/mol. The first-order valence-electron chi connectivity index (χ1n) is 7.38. The zero-order valence-electron chi connectivity index (χ0n) is 12.8. The molecule has 1 amide bonds. The molecule has 3 heterocycles. The minimum absolute atomic E-state index is 0.0474. The molecule has 1 aliphatic heterocycles. The van der Waals surface area contributed by atoms with Gasteiger partial charge in [0, 0.05) is 22.7 Å². The third kappa shape index (κ3) is 1.70. The summed E-state index contributed by atoms with van der Waals surface area (Å²) in [5.74, 6) is -0.0474. The molecule has 1 aromatic carbocycles. The molecule has 1 aliphatic rings. The van der Waals surface area contributed by atoms with Gasteiger partial charge in [0.2, 0.25) is 0 Å². The van der Waals surface area contributed by atoms with Gasteiger partial charge in [0.15, 0.2) is 0 Å². The van der Waals surface area contributed by atoms with Crippen LogP contribution in [0.25, 0.3) is 22.2 Å². The van der Waals surface area contributed by atoms with Crippen LogP contribution in [0.15, 0.2) is 36.5 Å². The van der Waals surface area contributed by atoms with E-state index >= 15 is 0 Å². The highest BCUT2D eigenvalue weighted by Crippen LogP contribution is 2.34. The van der Waals surface area contributed by atoms with Gasteiger partial charge in [-0.2, -0.15) is 0 Å². The van der Waals surface area contributed by atoms with Crippen molar-refractivity contribution in [1.29, 1.82) is 0 Å². The van der Waals surface area contributed by atoms with Crippen LogP contribution in [0.4, 0.5) is 0 Å². The molecule has 0 radical (unpaired) electrons. The predicted molar refractivity (Wildman–Crippen MR) is 86.8 cm³/mol. The second kappa shape index (κ2) is 4.19. The maximum atomic E-state index is 12.0. The van der Waals surface area contributed by atoms with Crippen molar-refractivity contribution in [3.8, 4) is 11.3 Å². The van der Waals surface area contributed by atoms with Crippen molar-refractivity contribution < 1.29 is 4.79 Å². The van der Waals surface area contributed by atoms with Gasteiger partial charge in [0.1, 0.15) is 0 Å². The first kappa shape index (κ1) is 13.1. The third-order valence-electron chi connectivity index (χ3n) is 4.36. The number of carbonyl (C=O) groups is 1. The zero-order chi connectivity index (χ0) is 15.5. The fourth-order valence-electron chi connectivity index (χ4n) is 3.20. The fourth-order valence-corrected chi connectivity index (χ4v) is 3.20. The number of aryl methyl sites for hydroxylation is 1. The van der Waals surface area contributed by atoms with Gasteiger partial charge in [-0.3, -0.25) is 4.79 Å². The Morgan fingerprint density at radius 3 is 2.73 bits per heavy atom. The van der Waals surface area contributed by atoms with E-state index < -0.39 is 5.54 Å². The number of benzene rings is 1. The summed E-state index contributed by atoms with van der Waals surface area (Å²) in [4.78, 5) is 20.1. The van der Waals surface area contributed by atoms with Gasteiger partial charge in [0.25, 0.3) is 5.91 Å². The number of carbonyl (C=O) groups excluding carboxylic acids is 1. The summed E-state index contributed by atoms with van der Waals surface area (Å²) >= 11 is 0. The number of aromatic nitrogens is 2. The number of fused-ring (bicyclic) bond motifs is 2. The van der Waals surface area contributed by atoms with Crippen LogP contribution in [-0.4, -0.2) is 15.9 Å². The van der Waals surface area contributed by atoms with Gasteiger partial charge >= 0.3 is 0 Å². The van der Waals surface area contributed by atoms with Crippen LogP contribution in [0.3, 0.4) is 0 Å². The Hall–Kier alpha value is -2.62. The number of pyridine rings is 1. The molecule has 3 aromatic rings. The summed E-state index contributed by atoms with van der Waals surface area (Å²) in [6.07, 6.45) is 1.99. The second-order valence-electron chi connectivity index (χ2n) is 6.37. The molecule has 0 bridgehead atoms. The molecule has 4 rings (SSSR count). The Kier molecular flexibility index (Phi) is 2.49. The van der Waals surface area contributed by atoms with E-state index in [0.29, 0.717) is 5.56 Å². The topological polar surface area (TPSA) is 57.8 Å². The lowest BCUT2D eigenvalue weighted by molar-refractivity contribution is 0.0940. The summed E-state index contributed by atoms with van der Waals surface area (Å²) in [7, 11) is 0. The maximum absolute atomic E-state index is 12.0. The van der Waals surface area contributed by atoms with Crippen LogP contribution in [0.1, 0.15) is 35.5 Å². The predicted octanol–water partition coefficient (Wildman–Crippen LogP) is 3.52. The van der Waals surface area contributed by atoms with Crippen molar-refractivity contribution in [3.63, 3.8) is 0 Å². The smallest absolute Gasteiger partial charge is 0.253 e. The van der Waals surface area contributed by atoms with Crippen molar-refractivity contribution in [2.45, 2.75) is 26.3 Å². The number of hydrogen-bond acceptors (Lipinski definition) is 2. The van der Waals surface area contributed by atoms with Crippen LogP contribution < -0.4 is 5.32 Å². The molecule has 0 aliphatic carbocycles. The molecule has 2 N–H and O–H groups in total. The van der Waals surface area contributed by atoms with Crippen molar-refractivity contribution in [2.24, 2.45) is 0 Å². The van der Waals surface area contributed by atoms with Crippen LogP contribution in [0, 0.1) is 6.92 Å². The first-order valence-corrected chi connectivity index (χ1v) is 7.38. The van der Waals surface area contributed by atoms with E-state index in [4.69, 9.17) is 4.98 Å². The Morgan fingerprint density at radius 2 is 1.91 bits per heavy atom. The number of amides is 1. The van der Waals surface area contributed by atoms with Gasteiger partial charge in [-0.15, -0.1) is 0 Å². The van der Waals surface area contributed by atoms with E-state index in [2.05, 4.69) is 35.4 Å². The molecule has 2 aromatic heterocycles. The molecule has 0 fully saturated rings. The van der Waals surface area contributed by atoms with Gasteiger partial charge in [-0.1, -0.05) is 18.2 Å². The highest BCUT2D eigenvalue weighted by atomic mass is 16.2. The summed E-state index contributed by atoms with van der Waals surface area (Å²) in [6, 6.07) is 10.0. The molecule has 0 saturated carbocycles. The third-order valence-corrected chi connectivity index (χ3v) is 4.36. The van der Waals surface area contributed by atoms with E-state index in [1.807, 2.05) is 32.2 Å². The fraction of sp³-hybridized carbons (Fsp3) is 0.222. The Bertz CT molecular complexity index is 921. The number of rotatable bonds is 1. The monoisotopic (exact) mass is 291 g/mol. The molecular formula is C18H17N3O. The van der Waals surface area contributed by atoms with Gasteiger partial charge in [-0.25, -0.2) is 4.98 Å². The zero-order valence-corrected chi connectivity index (χ0v) is 12.8. The minimum Gasteiger partial charge on any atom is -0.360 e. The Balaban J connectivity index is 1.94. The quantitative estimate of drug-likeness (QED) is 0.720. The summed E-state index contributed by atoms with van der Waals surface area (Å²) in [5.41, 5.74) is 5.36. The standard InChI is InChI=1S/C18H17N3O/c1-10-5-4-6-11-13(9-19-15(10)11)14-8-7-12-16(20-14)18(2,3)21-17(12)22/h4-9,19H,1-3H3,(H,21,22). The summed E-state index contributed by atoms with van der Waals surface area (Å²) in [6.45, 7) is 6.05. The van der Waals surface area contributed by atoms with Crippen LogP contribution >= 0.6 is 0 Å². The molecular weight excluding hydrogens is 274 g/mol. The maximum Gasteiger partial charge on any atom is 0.253 e. The molecule has 110 valence electrons. The van der Waals surface area contributed by atoms with Crippen molar-refractivity contribution >= 4 is 16.8 Å². The van der Waals surface area contributed by atoms with Gasteiger partial charge in [-0.05, 0) is 38.5 Å². The lowest BCUT2D eigenvalue weighted by Gasteiger charge is -2.18. The average Bonchev–Trinajstić information content (AvgIpc) is 3.00. The number of aromatic amines is 1. The normalized spacial score (nSPS) is 15.9. The first-order chi connectivity index (χ1) is 10.5. The molecule has 0 saturated heterocycles. The van der Waals surface area contributed by atoms with E-state index in [1.165, 1.54) is 5.56 Å². The van der Waals surface area contributed by atoms with Crippen LogP contribution in [-0.2, 0) is 5.54 Å². The molecule has 0 unspecified atom stereocenters. The molecule has 4 heteroatoms. The Labute approximate surface area is 128 Å².